The zero-order valence-corrected chi connectivity index (χ0v) is 10.6. The van der Waals surface area contributed by atoms with Gasteiger partial charge in [-0.25, -0.2) is 9.78 Å². The molecule has 3 aromatic heterocycles. The molecule has 92 valence electrons. The smallest absolute Gasteiger partial charge is 0.331 e. The van der Waals surface area contributed by atoms with E-state index in [9.17, 15) is 9.59 Å². The fourth-order valence-electron chi connectivity index (χ4n) is 1.86. The molecule has 0 amide bonds. The number of rotatable bonds is 1. The highest BCUT2D eigenvalue weighted by Gasteiger charge is 2.14. The minimum absolute atomic E-state index is 0.350. The molecule has 0 saturated carbocycles. The summed E-state index contributed by atoms with van der Waals surface area (Å²) >= 11 is 1.52. The van der Waals surface area contributed by atoms with Gasteiger partial charge in [0, 0.05) is 14.1 Å². The molecule has 3 heterocycles. The van der Waals surface area contributed by atoms with Gasteiger partial charge in [-0.1, -0.05) is 6.07 Å². The van der Waals surface area contributed by atoms with Crippen LogP contribution in [0.5, 0.6) is 0 Å². The highest BCUT2D eigenvalue weighted by molar-refractivity contribution is 7.13. The SMILES string of the molecule is Cn1c(=O)c2[nH]c(-c3cccs3)nc2n(C)c1=O. The third-order valence-electron chi connectivity index (χ3n) is 2.85. The van der Waals surface area contributed by atoms with Crippen molar-refractivity contribution in [3.63, 3.8) is 0 Å². The molecule has 0 fully saturated rings. The number of nitrogens with zero attached hydrogens (tertiary/aromatic N) is 3. The summed E-state index contributed by atoms with van der Waals surface area (Å²) in [5.41, 5.74) is -0.00497. The van der Waals surface area contributed by atoms with Crippen molar-refractivity contribution in [2.75, 3.05) is 0 Å². The molecule has 0 saturated heterocycles. The van der Waals surface area contributed by atoms with E-state index in [1.54, 1.807) is 7.05 Å². The van der Waals surface area contributed by atoms with Gasteiger partial charge in [-0.15, -0.1) is 11.3 Å². The zero-order valence-electron chi connectivity index (χ0n) is 9.80. The maximum Gasteiger partial charge on any atom is 0.332 e. The Kier molecular flexibility index (Phi) is 2.24. The maximum atomic E-state index is 12.0. The van der Waals surface area contributed by atoms with Crippen molar-refractivity contribution in [1.29, 1.82) is 0 Å². The number of imidazole rings is 1. The highest BCUT2D eigenvalue weighted by Crippen LogP contribution is 2.22. The van der Waals surface area contributed by atoms with Crippen LogP contribution in [0, 0.1) is 0 Å². The second kappa shape index (κ2) is 3.67. The molecule has 0 atom stereocenters. The summed E-state index contributed by atoms with van der Waals surface area (Å²) in [5, 5.41) is 1.93. The highest BCUT2D eigenvalue weighted by atomic mass is 32.1. The first-order chi connectivity index (χ1) is 8.59. The Labute approximate surface area is 105 Å². The molecule has 3 rings (SSSR count). The molecule has 1 N–H and O–H groups in total. The molecule has 0 spiro atoms. The second-order valence-electron chi connectivity index (χ2n) is 3.97. The Morgan fingerprint density at radius 1 is 1.28 bits per heavy atom. The van der Waals surface area contributed by atoms with Crippen LogP contribution in [-0.2, 0) is 14.1 Å². The van der Waals surface area contributed by atoms with Crippen molar-refractivity contribution in [1.82, 2.24) is 19.1 Å². The number of nitrogens with one attached hydrogen (secondary N) is 1. The molecule has 0 aliphatic heterocycles. The van der Waals surface area contributed by atoms with Crippen LogP contribution in [0.25, 0.3) is 21.9 Å². The van der Waals surface area contributed by atoms with E-state index in [1.165, 1.54) is 23.0 Å². The first-order valence-electron chi connectivity index (χ1n) is 5.29. The second-order valence-corrected chi connectivity index (χ2v) is 4.91. The minimum atomic E-state index is -0.378. The fourth-order valence-corrected chi connectivity index (χ4v) is 2.53. The van der Waals surface area contributed by atoms with Crippen molar-refractivity contribution < 1.29 is 0 Å². The number of hydrogen-bond donors (Lipinski definition) is 1. The third kappa shape index (κ3) is 1.37. The van der Waals surface area contributed by atoms with Gasteiger partial charge in [-0.2, -0.15) is 0 Å². The van der Waals surface area contributed by atoms with E-state index < -0.39 is 0 Å². The molecule has 3 aromatic rings. The van der Waals surface area contributed by atoms with Crippen molar-refractivity contribution in [3.8, 4) is 10.7 Å². The third-order valence-corrected chi connectivity index (χ3v) is 3.73. The lowest BCUT2D eigenvalue weighted by Gasteiger charge is -2.00. The van der Waals surface area contributed by atoms with Crippen LogP contribution in [0.2, 0.25) is 0 Å². The van der Waals surface area contributed by atoms with Gasteiger partial charge >= 0.3 is 5.69 Å². The van der Waals surface area contributed by atoms with E-state index in [4.69, 9.17) is 0 Å². The molecule has 18 heavy (non-hydrogen) atoms. The number of H-pyrrole nitrogens is 1. The molecule has 6 nitrogen and oxygen atoms in total. The molecule has 0 aromatic carbocycles. The quantitative estimate of drug-likeness (QED) is 0.701. The van der Waals surface area contributed by atoms with Crippen LogP contribution in [-0.4, -0.2) is 19.1 Å². The first kappa shape index (κ1) is 11.0. The van der Waals surface area contributed by atoms with Gasteiger partial charge in [-0.3, -0.25) is 13.9 Å². The molecule has 0 unspecified atom stereocenters. The number of aromatic amines is 1. The number of aromatic nitrogens is 4. The lowest BCUT2D eigenvalue weighted by atomic mass is 10.4. The minimum Gasteiger partial charge on any atom is -0.331 e. The van der Waals surface area contributed by atoms with Crippen molar-refractivity contribution >= 4 is 22.5 Å². The monoisotopic (exact) mass is 262 g/mol. The molecule has 7 heteroatoms. The van der Waals surface area contributed by atoms with Gasteiger partial charge in [-0.05, 0) is 11.4 Å². The van der Waals surface area contributed by atoms with Gasteiger partial charge in [0.2, 0.25) is 0 Å². The van der Waals surface area contributed by atoms with Gasteiger partial charge in [0.25, 0.3) is 5.56 Å². The number of fused-ring (bicyclic) bond motifs is 1. The molecule has 0 aliphatic carbocycles. The average Bonchev–Trinajstić information content (AvgIpc) is 3.01. The van der Waals surface area contributed by atoms with Gasteiger partial charge in [0.1, 0.15) is 5.52 Å². The normalized spacial score (nSPS) is 11.2. The van der Waals surface area contributed by atoms with Crippen molar-refractivity contribution in [2.24, 2.45) is 14.1 Å². The summed E-state index contributed by atoms with van der Waals surface area (Å²) in [4.78, 5) is 32.0. The largest absolute Gasteiger partial charge is 0.332 e. The lowest BCUT2D eigenvalue weighted by molar-refractivity contribution is 0.709. The Morgan fingerprint density at radius 2 is 2.06 bits per heavy atom. The number of hydrogen-bond acceptors (Lipinski definition) is 4. The van der Waals surface area contributed by atoms with Gasteiger partial charge < -0.3 is 4.98 Å². The van der Waals surface area contributed by atoms with E-state index in [1.807, 2.05) is 17.5 Å². The van der Waals surface area contributed by atoms with Gasteiger partial charge in [0.15, 0.2) is 11.5 Å². The zero-order chi connectivity index (χ0) is 12.9. The van der Waals surface area contributed by atoms with Crippen LogP contribution in [0.4, 0.5) is 0 Å². The van der Waals surface area contributed by atoms with Crippen molar-refractivity contribution in [2.45, 2.75) is 0 Å². The molecular weight excluding hydrogens is 252 g/mol. The standard InChI is InChI=1S/C11H10N4O2S/c1-14-9-7(10(16)15(2)11(14)17)12-8(13-9)6-4-3-5-18-6/h3-5H,1-2H3,(H,12,13). The summed E-state index contributed by atoms with van der Waals surface area (Å²) in [7, 11) is 3.05. The predicted octanol–water partition coefficient (Wildman–Crippen LogP) is 0.689. The molecule has 0 bridgehead atoms. The lowest BCUT2D eigenvalue weighted by Crippen LogP contribution is -2.36. The Bertz CT molecular complexity index is 838. The first-order valence-corrected chi connectivity index (χ1v) is 6.17. The summed E-state index contributed by atoms with van der Waals surface area (Å²) < 4.78 is 2.43. The molecular formula is C11H10N4O2S. The van der Waals surface area contributed by atoms with Gasteiger partial charge in [0.05, 0.1) is 4.88 Å². The van der Waals surface area contributed by atoms with E-state index in [-0.39, 0.29) is 11.2 Å². The number of thiophene rings is 1. The van der Waals surface area contributed by atoms with E-state index in [0.29, 0.717) is 17.0 Å². The Morgan fingerprint density at radius 3 is 2.72 bits per heavy atom. The maximum absolute atomic E-state index is 12.0. The van der Waals surface area contributed by atoms with Crippen molar-refractivity contribution in [3.05, 3.63) is 38.4 Å². The van der Waals surface area contributed by atoms with E-state index in [0.717, 1.165) is 9.44 Å². The topological polar surface area (TPSA) is 72.7 Å². The predicted molar refractivity (Wildman–Crippen MR) is 69.9 cm³/mol. The Hall–Kier alpha value is -2.15. The summed E-state index contributed by atoms with van der Waals surface area (Å²) in [6.45, 7) is 0. The van der Waals surface area contributed by atoms with Crippen LogP contribution in [0.15, 0.2) is 27.1 Å². The van der Waals surface area contributed by atoms with Crippen LogP contribution >= 0.6 is 11.3 Å². The van der Waals surface area contributed by atoms with Crippen LogP contribution in [0.3, 0.4) is 0 Å². The number of aryl methyl sites for hydroxylation is 1. The summed E-state index contributed by atoms with van der Waals surface area (Å²) in [5.74, 6) is 0.610. The van der Waals surface area contributed by atoms with Crippen LogP contribution < -0.4 is 11.2 Å². The summed E-state index contributed by atoms with van der Waals surface area (Å²) in [6, 6.07) is 3.81. The van der Waals surface area contributed by atoms with E-state index in [2.05, 4.69) is 9.97 Å². The van der Waals surface area contributed by atoms with E-state index >= 15 is 0 Å². The average molecular weight is 262 g/mol. The molecule has 0 radical (unpaired) electrons. The van der Waals surface area contributed by atoms with Crippen LogP contribution in [0.1, 0.15) is 0 Å². The Balaban J connectivity index is 2.44. The fraction of sp³-hybridized carbons (Fsp3) is 0.182. The molecule has 0 aliphatic rings. The summed E-state index contributed by atoms with van der Waals surface area (Å²) in [6.07, 6.45) is 0.